The van der Waals surface area contributed by atoms with Crippen molar-refractivity contribution in [3.8, 4) is 5.75 Å². The lowest BCUT2D eigenvalue weighted by Gasteiger charge is -2.16. The zero-order chi connectivity index (χ0) is 20.1. The van der Waals surface area contributed by atoms with Crippen LogP contribution in [0.2, 0.25) is 0 Å². The first-order chi connectivity index (χ1) is 12.5. The molecule has 2 N–H and O–H groups in total. The van der Waals surface area contributed by atoms with E-state index in [1.165, 1.54) is 42.5 Å². The van der Waals surface area contributed by atoms with Gasteiger partial charge in [0.25, 0.3) is 0 Å². The molecule has 27 heavy (non-hydrogen) atoms. The van der Waals surface area contributed by atoms with Gasteiger partial charge in [0.15, 0.2) is 6.10 Å². The lowest BCUT2D eigenvalue weighted by atomic mass is 10.2. The molecule has 0 aliphatic rings. The maximum absolute atomic E-state index is 12.4. The first-order valence-electron chi connectivity index (χ1n) is 7.59. The van der Waals surface area contributed by atoms with Gasteiger partial charge in [-0.2, -0.15) is 26.3 Å². The molecule has 2 aromatic carbocycles. The van der Waals surface area contributed by atoms with Crippen LogP contribution < -0.4 is 10.1 Å². The zero-order valence-electron chi connectivity index (χ0n) is 13.6. The molecule has 10 heteroatoms. The fraction of sp³-hybridized carbons (Fsp3) is 0.294. The Balaban J connectivity index is 1.87. The third-order valence-corrected chi connectivity index (χ3v) is 3.99. The van der Waals surface area contributed by atoms with Crippen molar-refractivity contribution in [3.05, 3.63) is 54.1 Å². The van der Waals surface area contributed by atoms with Gasteiger partial charge < -0.3 is 15.2 Å². The van der Waals surface area contributed by atoms with Gasteiger partial charge in [-0.25, -0.2) is 0 Å². The van der Waals surface area contributed by atoms with Crippen LogP contribution in [-0.2, 0) is 6.61 Å². The van der Waals surface area contributed by atoms with Crippen LogP contribution in [0.3, 0.4) is 0 Å². The van der Waals surface area contributed by atoms with Gasteiger partial charge in [0, 0.05) is 17.1 Å². The average molecular weight is 411 g/mol. The van der Waals surface area contributed by atoms with Gasteiger partial charge in [-0.3, -0.25) is 0 Å². The highest BCUT2D eigenvalue weighted by Crippen LogP contribution is 2.37. The fourth-order valence-electron chi connectivity index (χ4n) is 2.00. The van der Waals surface area contributed by atoms with Gasteiger partial charge in [-0.05, 0) is 53.7 Å². The zero-order valence-corrected chi connectivity index (χ0v) is 14.5. The molecule has 0 saturated heterocycles. The van der Waals surface area contributed by atoms with E-state index in [9.17, 15) is 26.3 Å². The van der Waals surface area contributed by atoms with Crippen molar-refractivity contribution >= 4 is 17.4 Å². The molecule has 1 atom stereocenters. The molecule has 148 valence electrons. The number of anilines is 1. The minimum Gasteiger partial charge on any atom is -0.489 e. The number of nitrogens with one attached hydrogen (secondary N) is 1. The lowest BCUT2D eigenvalue weighted by Crippen LogP contribution is -2.34. The standard InChI is InChI=1S/C17H15F6NO2S/c18-16(19,20)15(25)9-24-12-4-6-13(7-5-12)26-10-11-2-1-3-14(8-11)27-17(21,22)23/h1-8,15,24-25H,9-10H2. The largest absolute Gasteiger partial charge is 0.489 e. The molecule has 2 rings (SSSR count). The maximum atomic E-state index is 12.4. The Bertz CT molecular complexity index is 733. The highest BCUT2D eigenvalue weighted by atomic mass is 32.2. The molecular formula is C17H15F6NO2S. The number of aliphatic hydroxyl groups excluding tert-OH is 1. The van der Waals surface area contributed by atoms with E-state index in [1.807, 2.05) is 0 Å². The minimum atomic E-state index is -4.70. The molecule has 0 aromatic heterocycles. The number of halogens is 6. The SMILES string of the molecule is OC(CNc1ccc(OCc2cccc(SC(F)(F)F)c2)cc1)C(F)(F)F. The average Bonchev–Trinajstić information content (AvgIpc) is 2.56. The number of hydrogen-bond donors (Lipinski definition) is 2. The van der Waals surface area contributed by atoms with E-state index >= 15 is 0 Å². The summed E-state index contributed by atoms with van der Waals surface area (Å²) in [7, 11) is 0. The van der Waals surface area contributed by atoms with E-state index in [4.69, 9.17) is 9.84 Å². The summed E-state index contributed by atoms with van der Waals surface area (Å²) in [6.07, 6.45) is -7.18. The van der Waals surface area contributed by atoms with Gasteiger partial charge in [-0.15, -0.1) is 0 Å². The first kappa shape index (κ1) is 21.2. The van der Waals surface area contributed by atoms with Crippen molar-refractivity contribution in [1.82, 2.24) is 0 Å². The predicted molar refractivity (Wildman–Crippen MR) is 89.7 cm³/mol. The summed E-state index contributed by atoms with van der Waals surface area (Å²) in [5.41, 5.74) is -3.48. The molecule has 1 unspecified atom stereocenters. The Morgan fingerprint density at radius 1 is 1.00 bits per heavy atom. The number of benzene rings is 2. The van der Waals surface area contributed by atoms with Crippen molar-refractivity contribution in [2.24, 2.45) is 0 Å². The summed E-state index contributed by atoms with van der Waals surface area (Å²) in [5, 5.41) is 11.4. The molecule has 2 aromatic rings. The summed E-state index contributed by atoms with van der Waals surface area (Å²) < 4.78 is 79.3. The van der Waals surface area contributed by atoms with Crippen LogP contribution in [0.15, 0.2) is 53.4 Å². The molecule has 0 heterocycles. The van der Waals surface area contributed by atoms with Gasteiger partial charge in [0.05, 0.1) is 0 Å². The molecule has 0 saturated carbocycles. The summed E-state index contributed by atoms with van der Waals surface area (Å²) in [6, 6.07) is 11.8. The van der Waals surface area contributed by atoms with E-state index in [0.29, 0.717) is 17.0 Å². The number of hydrogen-bond acceptors (Lipinski definition) is 4. The summed E-state index contributed by atoms with van der Waals surface area (Å²) in [6.45, 7) is -0.654. The van der Waals surface area contributed by atoms with Crippen LogP contribution in [0.1, 0.15) is 5.56 Å². The van der Waals surface area contributed by atoms with Gasteiger partial charge in [0.1, 0.15) is 12.4 Å². The highest BCUT2D eigenvalue weighted by molar-refractivity contribution is 8.00. The Kier molecular flexibility index (Phi) is 6.88. The lowest BCUT2D eigenvalue weighted by molar-refractivity contribution is -0.198. The van der Waals surface area contributed by atoms with Gasteiger partial charge in [0.2, 0.25) is 0 Å². The second-order valence-electron chi connectivity index (χ2n) is 5.45. The topological polar surface area (TPSA) is 41.5 Å². The molecule has 0 bridgehead atoms. The van der Waals surface area contributed by atoms with Crippen molar-refractivity contribution < 1.29 is 36.2 Å². The summed E-state index contributed by atoms with van der Waals surface area (Å²) in [4.78, 5) is 0.0476. The number of aliphatic hydroxyl groups is 1. The normalized spacial score (nSPS) is 13.3. The Morgan fingerprint density at radius 2 is 1.67 bits per heavy atom. The number of ether oxygens (including phenoxy) is 1. The second kappa shape index (κ2) is 8.75. The molecule has 0 amide bonds. The van der Waals surface area contributed by atoms with Crippen LogP contribution in [0.5, 0.6) is 5.75 Å². The van der Waals surface area contributed by atoms with E-state index in [-0.39, 0.29) is 23.3 Å². The van der Waals surface area contributed by atoms with Crippen molar-refractivity contribution in [2.45, 2.75) is 29.3 Å². The van der Waals surface area contributed by atoms with Crippen molar-refractivity contribution in [1.29, 1.82) is 0 Å². The third-order valence-electron chi connectivity index (χ3n) is 3.27. The minimum absolute atomic E-state index is 0.0336. The summed E-state index contributed by atoms with van der Waals surface area (Å²) >= 11 is -0.216. The highest BCUT2D eigenvalue weighted by Gasteiger charge is 2.37. The fourth-order valence-corrected chi connectivity index (χ4v) is 2.62. The summed E-state index contributed by atoms with van der Waals surface area (Å²) in [5.74, 6) is 0.394. The third kappa shape index (κ3) is 7.59. The number of rotatable bonds is 7. The quantitative estimate of drug-likeness (QED) is 0.485. The molecular weight excluding hydrogens is 396 g/mol. The van der Waals surface area contributed by atoms with Gasteiger partial charge >= 0.3 is 11.7 Å². The van der Waals surface area contributed by atoms with Crippen molar-refractivity contribution in [2.75, 3.05) is 11.9 Å². The van der Waals surface area contributed by atoms with Gasteiger partial charge in [-0.1, -0.05) is 12.1 Å². The first-order valence-corrected chi connectivity index (χ1v) is 8.41. The molecule has 0 radical (unpaired) electrons. The second-order valence-corrected chi connectivity index (χ2v) is 6.59. The number of alkyl halides is 6. The van der Waals surface area contributed by atoms with Crippen LogP contribution in [0.4, 0.5) is 32.0 Å². The van der Waals surface area contributed by atoms with Crippen LogP contribution in [0, 0.1) is 0 Å². The maximum Gasteiger partial charge on any atom is 0.446 e. The van der Waals surface area contributed by atoms with E-state index in [0.717, 1.165) is 0 Å². The molecule has 0 aliphatic heterocycles. The molecule has 3 nitrogen and oxygen atoms in total. The molecule has 0 spiro atoms. The molecule has 0 aliphatic carbocycles. The van der Waals surface area contributed by atoms with E-state index in [2.05, 4.69) is 5.32 Å². The van der Waals surface area contributed by atoms with Crippen LogP contribution in [-0.4, -0.2) is 29.4 Å². The van der Waals surface area contributed by atoms with Crippen LogP contribution in [0.25, 0.3) is 0 Å². The number of thioether (sulfide) groups is 1. The van der Waals surface area contributed by atoms with E-state index in [1.54, 1.807) is 6.07 Å². The van der Waals surface area contributed by atoms with Crippen molar-refractivity contribution in [3.63, 3.8) is 0 Å². The van der Waals surface area contributed by atoms with Crippen LogP contribution >= 0.6 is 11.8 Å². The Hall–Kier alpha value is -2.07. The monoisotopic (exact) mass is 411 g/mol. The Labute approximate surface area is 155 Å². The Morgan fingerprint density at radius 3 is 2.26 bits per heavy atom. The van der Waals surface area contributed by atoms with E-state index < -0.39 is 24.3 Å². The predicted octanol–water partition coefficient (Wildman–Crippen LogP) is 5.21. The molecule has 0 fully saturated rings. The smallest absolute Gasteiger partial charge is 0.446 e.